The van der Waals surface area contributed by atoms with Crippen molar-refractivity contribution in [3.63, 3.8) is 0 Å². The molecule has 174 valence electrons. The number of carbonyl (C=O) groups excluding carboxylic acids is 1. The largest absolute Gasteiger partial charge is 0.305 e. The zero-order valence-electron chi connectivity index (χ0n) is 19.5. The molecule has 2 aromatic heterocycles. The van der Waals surface area contributed by atoms with Crippen LogP contribution in [-0.4, -0.2) is 25.5 Å². The maximum Gasteiger partial charge on any atom is 0.260 e. The fourth-order valence-electron chi connectivity index (χ4n) is 4.37. The minimum atomic E-state index is -0.258. The second kappa shape index (κ2) is 9.35. The molecule has 0 aliphatic heterocycles. The molecule has 0 saturated carbocycles. The predicted octanol–water partition coefficient (Wildman–Crippen LogP) is 6.19. The number of benzene rings is 4. The molecule has 6 aromatic rings. The molecule has 6 nitrogen and oxygen atoms in total. The number of amides is 1. The van der Waals surface area contributed by atoms with Gasteiger partial charge < -0.3 is 5.32 Å². The molecule has 36 heavy (non-hydrogen) atoms. The number of fused-ring (bicyclic) bond motifs is 1. The highest BCUT2D eigenvalue weighted by Gasteiger charge is 2.19. The van der Waals surface area contributed by atoms with Gasteiger partial charge in [0.05, 0.1) is 17.8 Å². The Balaban J connectivity index is 1.27. The van der Waals surface area contributed by atoms with Gasteiger partial charge in [-0.25, -0.2) is 4.68 Å². The number of nitrogens with one attached hydrogen (secondary N) is 1. The van der Waals surface area contributed by atoms with E-state index in [1.54, 1.807) is 10.9 Å². The van der Waals surface area contributed by atoms with E-state index in [0.717, 1.165) is 11.3 Å². The summed E-state index contributed by atoms with van der Waals surface area (Å²) in [5, 5.41) is 14.7. The monoisotopic (exact) mass is 469 g/mol. The number of anilines is 1. The summed E-state index contributed by atoms with van der Waals surface area (Å²) in [4.78, 5) is 13.4. The lowest BCUT2D eigenvalue weighted by Crippen LogP contribution is -2.13. The summed E-state index contributed by atoms with van der Waals surface area (Å²) in [5.74, 6) is 0.234. The van der Waals surface area contributed by atoms with Crippen molar-refractivity contribution in [2.45, 2.75) is 6.54 Å². The van der Waals surface area contributed by atoms with Gasteiger partial charge in [-0.1, -0.05) is 91.0 Å². The quantitative estimate of drug-likeness (QED) is 0.316. The number of nitrogens with zero attached hydrogens (tertiary/aromatic N) is 4. The second-order valence-corrected chi connectivity index (χ2v) is 8.53. The molecule has 6 heteroatoms. The van der Waals surface area contributed by atoms with E-state index in [9.17, 15) is 4.79 Å². The SMILES string of the molecule is O=C(Nc1ccn(Cc2cccc3ccccc23)n1)c1cn(-c2ccccc2)nc1-c1ccccc1. The first-order valence-corrected chi connectivity index (χ1v) is 11.8. The molecular weight excluding hydrogens is 446 g/mol. The van der Waals surface area contributed by atoms with Gasteiger partial charge >= 0.3 is 0 Å². The van der Waals surface area contributed by atoms with Crippen LogP contribution in [0, 0.1) is 0 Å². The first-order valence-electron chi connectivity index (χ1n) is 11.8. The van der Waals surface area contributed by atoms with Crippen molar-refractivity contribution >= 4 is 22.5 Å². The molecule has 0 unspecified atom stereocenters. The standard InChI is InChI=1S/C30H23N5O/c36-30(27-21-35(25-15-5-2-6-16-25)33-29(27)23-11-3-1-4-12-23)31-28-18-19-34(32-28)20-24-14-9-13-22-10-7-8-17-26(22)24/h1-19,21H,20H2,(H,31,32,36). The molecule has 6 rings (SSSR count). The van der Waals surface area contributed by atoms with E-state index in [0.29, 0.717) is 23.6 Å². The van der Waals surface area contributed by atoms with Gasteiger partial charge in [0.1, 0.15) is 5.69 Å². The first kappa shape index (κ1) is 21.6. The van der Waals surface area contributed by atoms with Crippen LogP contribution < -0.4 is 5.32 Å². The fourth-order valence-corrected chi connectivity index (χ4v) is 4.37. The number of para-hydroxylation sites is 1. The molecule has 2 heterocycles. The lowest BCUT2D eigenvalue weighted by molar-refractivity contribution is 0.102. The maximum absolute atomic E-state index is 13.4. The van der Waals surface area contributed by atoms with Gasteiger partial charge in [-0.15, -0.1) is 0 Å². The third-order valence-corrected chi connectivity index (χ3v) is 6.12. The lowest BCUT2D eigenvalue weighted by atomic mass is 10.0. The van der Waals surface area contributed by atoms with Gasteiger partial charge in [0.25, 0.3) is 5.91 Å². The number of hydrogen-bond acceptors (Lipinski definition) is 3. The minimum absolute atomic E-state index is 0.258. The Hall–Kier alpha value is -4.97. The molecule has 0 spiro atoms. The van der Waals surface area contributed by atoms with Gasteiger partial charge in [-0.2, -0.15) is 10.2 Å². The van der Waals surface area contributed by atoms with Crippen molar-refractivity contribution in [1.29, 1.82) is 0 Å². The fraction of sp³-hybridized carbons (Fsp3) is 0.0333. The van der Waals surface area contributed by atoms with Crippen LogP contribution in [-0.2, 0) is 6.54 Å². The smallest absolute Gasteiger partial charge is 0.260 e. The molecule has 0 saturated heterocycles. The lowest BCUT2D eigenvalue weighted by Gasteiger charge is -2.07. The second-order valence-electron chi connectivity index (χ2n) is 8.53. The third-order valence-electron chi connectivity index (χ3n) is 6.12. The topological polar surface area (TPSA) is 64.7 Å². The summed E-state index contributed by atoms with van der Waals surface area (Å²) in [5.41, 5.74) is 4.03. The van der Waals surface area contributed by atoms with Gasteiger partial charge in [-0.3, -0.25) is 9.48 Å². The van der Waals surface area contributed by atoms with Crippen molar-refractivity contribution in [2.24, 2.45) is 0 Å². The van der Waals surface area contributed by atoms with Crippen LogP contribution in [0.25, 0.3) is 27.7 Å². The number of rotatable bonds is 6. The van der Waals surface area contributed by atoms with Crippen LogP contribution >= 0.6 is 0 Å². The van der Waals surface area contributed by atoms with Crippen molar-refractivity contribution in [3.05, 3.63) is 133 Å². The molecule has 1 N–H and O–H groups in total. The normalized spacial score (nSPS) is 11.0. The average molecular weight is 470 g/mol. The van der Waals surface area contributed by atoms with E-state index in [-0.39, 0.29) is 5.91 Å². The van der Waals surface area contributed by atoms with Crippen LogP contribution in [0.1, 0.15) is 15.9 Å². The van der Waals surface area contributed by atoms with Crippen molar-refractivity contribution < 1.29 is 4.79 Å². The number of aromatic nitrogens is 4. The van der Waals surface area contributed by atoms with E-state index in [1.807, 2.05) is 89.7 Å². The number of carbonyl (C=O) groups is 1. The average Bonchev–Trinajstić information content (AvgIpc) is 3.57. The van der Waals surface area contributed by atoms with Crippen molar-refractivity contribution in [1.82, 2.24) is 19.6 Å². The third kappa shape index (κ3) is 4.28. The van der Waals surface area contributed by atoms with Crippen LogP contribution in [0.3, 0.4) is 0 Å². The minimum Gasteiger partial charge on any atom is -0.305 e. The van der Waals surface area contributed by atoms with Crippen LogP contribution in [0.5, 0.6) is 0 Å². The molecule has 0 radical (unpaired) electrons. The first-order chi connectivity index (χ1) is 17.7. The summed E-state index contributed by atoms with van der Waals surface area (Å²) < 4.78 is 3.57. The summed E-state index contributed by atoms with van der Waals surface area (Å²) in [6.07, 6.45) is 3.64. The highest BCUT2D eigenvalue weighted by atomic mass is 16.1. The molecule has 0 atom stereocenters. The van der Waals surface area contributed by atoms with Crippen LogP contribution in [0.4, 0.5) is 5.82 Å². The molecule has 0 bridgehead atoms. The molecule has 0 fully saturated rings. The Morgan fingerprint density at radius 1 is 0.750 bits per heavy atom. The molecule has 1 amide bonds. The summed E-state index contributed by atoms with van der Waals surface area (Å²) in [6.45, 7) is 0.610. The van der Waals surface area contributed by atoms with E-state index in [2.05, 4.69) is 40.7 Å². The van der Waals surface area contributed by atoms with Crippen LogP contribution in [0.15, 0.2) is 122 Å². The Morgan fingerprint density at radius 2 is 1.47 bits per heavy atom. The Morgan fingerprint density at radius 3 is 2.31 bits per heavy atom. The summed E-state index contributed by atoms with van der Waals surface area (Å²) in [6, 6.07) is 35.9. The Labute approximate surface area is 208 Å². The van der Waals surface area contributed by atoms with Gasteiger partial charge in [0, 0.05) is 24.0 Å². The van der Waals surface area contributed by atoms with E-state index < -0.39 is 0 Å². The van der Waals surface area contributed by atoms with Gasteiger partial charge in [-0.05, 0) is 28.5 Å². The summed E-state index contributed by atoms with van der Waals surface area (Å²) in [7, 11) is 0. The van der Waals surface area contributed by atoms with E-state index in [1.165, 1.54) is 16.3 Å². The van der Waals surface area contributed by atoms with Gasteiger partial charge in [0.2, 0.25) is 0 Å². The zero-order valence-corrected chi connectivity index (χ0v) is 19.5. The van der Waals surface area contributed by atoms with Gasteiger partial charge in [0.15, 0.2) is 5.82 Å². The van der Waals surface area contributed by atoms with E-state index in [4.69, 9.17) is 5.10 Å². The predicted molar refractivity (Wildman–Crippen MR) is 142 cm³/mol. The molecule has 4 aromatic carbocycles. The summed E-state index contributed by atoms with van der Waals surface area (Å²) >= 11 is 0. The molecule has 0 aliphatic carbocycles. The molecule has 0 aliphatic rings. The highest BCUT2D eigenvalue weighted by Crippen LogP contribution is 2.25. The Bertz CT molecular complexity index is 1650. The highest BCUT2D eigenvalue weighted by molar-refractivity contribution is 6.07. The number of hydrogen-bond donors (Lipinski definition) is 1. The van der Waals surface area contributed by atoms with Crippen LogP contribution in [0.2, 0.25) is 0 Å². The van der Waals surface area contributed by atoms with Crippen molar-refractivity contribution in [2.75, 3.05) is 5.32 Å². The van der Waals surface area contributed by atoms with E-state index >= 15 is 0 Å². The Kier molecular flexibility index (Phi) is 5.60. The van der Waals surface area contributed by atoms with Crippen molar-refractivity contribution in [3.8, 4) is 16.9 Å². The zero-order chi connectivity index (χ0) is 24.3. The maximum atomic E-state index is 13.4. The molecular formula is C30H23N5O.